The Bertz CT molecular complexity index is 475. The molecule has 1 unspecified atom stereocenters. The molecule has 0 radical (unpaired) electrons. The number of nitrogens with zero attached hydrogens (tertiary/aromatic N) is 2. The van der Waals surface area contributed by atoms with Crippen molar-refractivity contribution in [3.8, 4) is 5.75 Å². The number of hydrazine groups is 1. The van der Waals surface area contributed by atoms with Crippen LogP contribution in [-0.4, -0.2) is 17.1 Å². The maximum atomic E-state index is 5.59. The van der Waals surface area contributed by atoms with Gasteiger partial charge in [0.1, 0.15) is 12.1 Å². The van der Waals surface area contributed by atoms with Crippen LogP contribution in [0.25, 0.3) is 0 Å². The summed E-state index contributed by atoms with van der Waals surface area (Å²) in [4.78, 5) is 8.08. The Morgan fingerprint density at radius 1 is 1.29 bits per heavy atom. The summed E-state index contributed by atoms with van der Waals surface area (Å²) in [5.41, 5.74) is 4.48. The third-order valence-electron chi connectivity index (χ3n) is 2.52. The molecule has 0 bridgehead atoms. The van der Waals surface area contributed by atoms with Gasteiger partial charge in [-0.3, -0.25) is 5.84 Å². The fourth-order valence-corrected chi connectivity index (χ4v) is 1.71. The minimum absolute atomic E-state index is 0.214. The molecule has 3 N–H and O–H groups in total. The number of benzene rings is 1. The van der Waals surface area contributed by atoms with Gasteiger partial charge in [0, 0.05) is 11.8 Å². The van der Waals surface area contributed by atoms with Gasteiger partial charge in [-0.2, -0.15) is 0 Å². The molecule has 0 amide bonds. The molecular formula is C12H14N4O. The number of hydrogen-bond acceptors (Lipinski definition) is 5. The lowest BCUT2D eigenvalue weighted by Gasteiger charge is -2.18. The molecule has 5 nitrogen and oxygen atoms in total. The highest BCUT2D eigenvalue weighted by atomic mass is 16.5. The molecule has 88 valence electrons. The monoisotopic (exact) mass is 230 g/mol. The van der Waals surface area contributed by atoms with Gasteiger partial charge in [0.2, 0.25) is 0 Å². The van der Waals surface area contributed by atoms with Gasteiger partial charge < -0.3 is 4.74 Å². The van der Waals surface area contributed by atoms with Crippen molar-refractivity contribution >= 4 is 0 Å². The Morgan fingerprint density at radius 2 is 2.12 bits per heavy atom. The first kappa shape index (κ1) is 11.5. The maximum absolute atomic E-state index is 5.59. The number of aromatic nitrogens is 2. The zero-order valence-corrected chi connectivity index (χ0v) is 9.50. The largest absolute Gasteiger partial charge is 0.496 e. The van der Waals surface area contributed by atoms with E-state index in [-0.39, 0.29) is 6.04 Å². The lowest BCUT2D eigenvalue weighted by atomic mass is 10.0. The van der Waals surface area contributed by atoms with Crippen LogP contribution in [0.2, 0.25) is 0 Å². The van der Waals surface area contributed by atoms with Crippen molar-refractivity contribution < 1.29 is 4.74 Å². The molecule has 5 heteroatoms. The Hall–Kier alpha value is -1.98. The van der Waals surface area contributed by atoms with Crippen molar-refractivity contribution in [2.75, 3.05) is 7.11 Å². The molecule has 1 aromatic heterocycles. The van der Waals surface area contributed by atoms with Crippen LogP contribution in [0.4, 0.5) is 0 Å². The highest BCUT2D eigenvalue weighted by Crippen LogP contribution is 2.27. The predicted octanol–water partition coefficient (Wildman–Crippen LogP) is 1.04. The lowest BCUT2D eigenvalue weighted by Crippen LogP contribution is -2.29. The van der Waals surface area contributed by atoms with Crippen LogP contribution in [-0.2, 0) is 0 Å². The summed E-state index contributed by atoms with van der Waals surface area (Å²) in [6, 6.07) is 9.29. The Labute approximate surface area is 99.6 Å². The summed E-state index contributed by atoms with van der Waals surface area (Å²) in [5.74, 6) is 6.37. The van der Waals surface area contributed by atoms with Crippen LogP contribution in [0.5, 0.6) is 5.75 Å². The third kappa shape index (κ3) is 2.41. The van der Waals surface area contributed by atoms with Crippen LogP contribution in [0.3, 0.4) is 0 Å². The zero-order chi connectivity index (χ0) is 12.1. The van der Waals surface area contributed by atoms with E-state index in [4.69, 9.17) is 10.6 Å². The summed E-state index contributed by atoms with van der Waals surface area (Å²) >= 11 is 0. The number of para-hydroxylation sites is 1. The fourth-order valence-electron chi connectivity index (χ4n) is 1.71. The first-order valence-corrected chi connectivity index (χ1v) is 5.21. The average Bonchev–Trinajstić information content (AvgIpc) is 2.41. The van der Waals surface area contributed by atoms with Crippen LogP contribution >= 0.6 is 0 Å². The molecule has 0 saturated heterocycles. The highest BCUT2D eigenvalue weighted by molar-refractivity contribution is 5.39. The molecule has 17 heavy (non-hydrogen) atoms. The summed E-state index contributed by atoms with van der Waals surface area (Å²) in [6.07, 6.45) is 3.18. The van der Waals surface area contributed by atoms with Gasteiger partial charge in [0.15, 0.2) is 0 Å². The SMILES string of the molecule is COc1ccccc1C(NN)c1ccncn1. The van der Waals surface area contributed by atoms with Gasteiger partial charge in [-0.1, -0.05) is 18.2 Å². The molecule has 0 aliphatic rings. The van der Waals surface area contributed by atoms with Crippen molar-refractivity contribution in [3.63, 3.8) is 0 Å². The Morgan fingerprint density at radius 3 is 2.76 bits per heavy atom. The van der Waals surface area contributed by atoms with Gasteiger partial charge in [-0.25, -0.2) is 15.4 Å². The number of rotatable bonds is 4. The smallest absolute Gasteiger partial charge is 0.124 e. The minimum atomic E-state index is -0.214. The first-order valence-electron chi connectivity index (χ1n) is 5.21. The molecule has 0 aliphatic heterocycles. The van der Waals surface area contributed by atoms with E-state index in [1.54, 1.807) is 13.3 Å². The molecule has 1 heterocycles. The second-order valence-corrected chi connectivity index (χ2v) is 3.48. The van der Waals surface area contributed by atoms with E-state index in [1.807, 2.05) is 30.3 Å². The van der Waals surface area contributed by atoms with E-state index < -0.39 is 0 Å². The predicted molar refractivity (Wildman–Crippen MR) is 64.2 cm³/mol. The van der Waals surface area contributed by atoms with Gasteiger partial charge >= 0.3 is 0 Å². The van der Waals surface area contributed by atoms with Crippen molar-refractivity contribution in [1.82, 2.24) is 15.4 Å². The lowest BCUT2D eigenvalue weighted by molar-refractivity contribution is 0.403. The summed E-state index contributed by atoms with van der Waals surface area (Å²) in [5, 5.41) is 0. The summed E-state index contributed by atoms with van der Waals surface area (Å²) in [6.45, 7) is 0. The van der Waals surface area contributed by atoms with Crippen LogP contribution in [0.1, 0.15) is 17.3 Å². The van der Waals surface area contributed by atoms with Crippen LogP contribution < -0.4 is 16.0 Å². The number of methoxy groups -OCH3 is 1. The van der Waals surface area contributed by atoms with E-state index in [1.165, 1.54) is 6.33 Å². The topological polar surface area (TPSA) is 73.1 Å². The second-order valence-electron chi connectivity index (χ2n) is 3.48. The van der Waals surface area contributed by atoms with Gasteiger partial charge in [0.25, 0.3) is 0 Å². The molecule has 2 rings (SSSR count). The summed E-state index contributed by atoms with van der Waals surface area (Å²) < 4.78 is 5.31. The Kier molecular flexibility index (Phi) is 3.64. The third-order valence-corrected chi connectivity index (χ3v) is 2.52. The van der Waals surface area contributed by atoms with E-state index in [2.05, 4.69) is 15.4 Å². The molecule has 1 atom stereocenters. The number of nitrogens with one attached hydrogen (secondary N) is 1. The molecule has 0 saturated carbocycles. The number of nitrogens with two attached hydrogens (primary N) is 1. The van der Waals surface area contributed by atoms with Crippen molar-refractivity contribution in [2.24, 2.45) is 5.84 Å². The van der Waals surface area contributed by atoms with Crippen molar-refractivity contribution in [3.05, 3.63) is 54.1 Å². The van der Waals surface area contributed by atoms with Gasteiger partial charge in [-0.05, 0) is 12.1 Å². The average molecular weight is 230 g/mol. The zero-order valence-electron chi connectivity index (χ0n) is 9.50. The molecule has 0 fully saturated rings. The van der Waals surface area contributed by atoms with E-state index >= 15 is 0 Å². The molecule has 1 aromatic carbocycles. The van der Waals surface area contributed by atoms with E-state index in [9.17, 15) is 0 Å². The first-order chi connectivity index (χ1) is 8.36. The Balaban J connectivity index is 2.42. The number of hydrogen-bond donors (Lipinski definition) is 2. The molecule has 0 aliphatic carbocycles. The van der Waals surface area contributed by atoms with Gasteiger partial charge in [-0.15, -0.1) is 0 Å². The van der Waals surface area contributed by atoms with Crippen molar-refractivity contribution in [2.45, 2.75) is 6.04 Å². The normalized spacial score (nSPS) is 12.1. The highest BCUT2D eigenvalue weighted by Gasteiger charge is 2.17. The second kappa shape index (κ2) is 5.38. The minimum Gasteiger partial charge on any atom is -0.496 e. The molecule has 2 aromatic rings. The summed E-state index contributed by atoms with van der Waals surface area (Å²) in [7, 11) is 1.63. The van der Waals surface area contributed by atoms with Crippen LogP contribution in [0.15, 0.2) is 42.9 Å². The standard InChI is InChI=1S/C12H14N4O/c1-17-11-5-3-2-4-9(11)12(16-13)10-6-7-14-8-15-10/h2-8,12,16H,13H2,1H3. The fraction of sp³-hybridized carbons (Fsp3) is 0.167. The van der Waals surface area contributed by atoms with Crippen molar-refractivity contribution in [1.29, 1.82) is 0 Å². The maximum Gasteiger partial charge on any atom is 0.124 e. The van der Waals surface area contributed by atoms with Crippen LogP contribution in [0, 0.1) is 0 Å². The van der Waals surface area contributed by atoms with E-state index in [0.29, 0.717) is 0 Å². The number of ether oxygens (including phenoxy) is 1. The molecular weight excluding hydrogens is 216 g/mol. The van der Waals surface area contributed by atoms with Gasteiger partial charge in [0.05, 0.1) is 18.8 Å². The molecule has 0 spiro atoms. The van der Waals surface area contributed by atoms with E-state index in [0.717, 1.165) is 17.0 Å². The quantitative estimate of drug-likeness (QED) is 0.606.